The molecule has 94 valence electrons. The van der Waals surface area contributed by atoms with Crippen molar-refractivity contribution in [3.05, 3.63) is 11.1 Å². The zero-order valence-electron chi connectivity index (χ0n) is 9.89. The molecule has 0 bridgehead atoms. The van der Waals surface area contributed by atoms with Crippen LogP contribution in [-0.2, 0) is 16.1 Å². The van der Waals surface area contributed by atoms with Gasteiger partial charge in [-0.25, -0.2) is 4.98 Å². The zero-order valence-corrected chi connectivity index (χ0v) is 10.7. The second kappa shape index (κ2) is 5.46. The van der Waals surface area contributed by atoms with E-state index in [0.717, 1.165) is 37.2 Å². The summed E-state index contributed by atoms with van der Waals surface area (Å²) < 4.78 is 4.85. The highest BCUT2D eigenvalue weighted by molar-refractivity contribution is 7.15. The van der Waals surface area contributed by atoms with E-state index < -0.39 is 0 Å². The van der Waals surface area contributed by atoms with Crippen molar-refractivity contribution >= 4 is 22.4 Å². The number of hydrogen-bond acceptors (Lipinski definition) is 6. The number of carbonyl (C=O) groups excluding carboxylic acids is 1. The number of likely N-dealkylation sites (tertiary alicyclic amines) is 1. The molecule has 5 nitrogen and oxygen atoms in total. The van der Waals surface area contributed by atoms with Crippen LogP contribution in [0, 0.1) is 0 Å². The summed E-state index contributed by atoms with van der Waals surface area (Å²) >= 11 is 1.48. The summed E-state index contributed by atoms with van der Waals surface area (Å²) in [5.41, 5.74) is 5.60. The van der Waals surface area contributed by atoms with Crippen molar-refractivity contribution in [3.63, 3.8) is 0 Å². The molecule has 2 N–H and O–H groups in total. The van der Waals surface area contributed by atoms with E-state index >= 15 is 0 Å². The number of methoxy groups -OCH3 is 1. The SMILES string of the molecule is COC(=O)[C@H]1CCCCN1Cc1cnc(N)s1. The van der Waals surface area contributed by atoms with Crippen LogP contribution in [0.4, 0.5) is 5.13 Å². The van der Waals surface area contributed by atoms with Crippen molar-refractivity contribution in [1.82, 2.24) is 9.88 Å². The van der Waals surface area contributed by atoms with E-state index in [1.165, 1.54) is 18.4 Å². The first-order valence-electron chi connectivity index (χ1n) is 5.73. The van der Waals surface area contributed by atoms with Gasteiger partial charge in [-0.2, -0.15) is 0 Å². The standard InChI is InChI=1S/C11H17N3O2S/c1-16-10(15)9-4-2-3-5-14(9)7-8-6-13-11(12)17-8/h6,9H,2-5,7H2,1H3,(H2,12,13)/t9-/m1/s1. The van der Waals surface area contributed by atoms with E-state index in [2.05, 4.69) is 9.88 Å². The van der Waals surface area contributed by atoms with Gasteiger partial charge in [0, 0.05) is 17.6 Å². The van der Waals surface area contributed by atoms with Crippen LogP contribution >= 0.6 is 11.3 Å². The molecular formula is C11H17N3O2S. The maximum Gasteiger partial charge on any atom is 0.323 e. The Bertz CT molecular complexity index is 394. The van der Waals surface area contributed by atoms with Gasteiger partial charge in [0.1, 0.15) is 6.04 Å². The van der Waals surface area contributed by atoms with Crippen molar-refractivity contribution in [2.75, 3.05) is 19.4 Å². The molecule has 0 aromatic carbocycles. The molecule has 1 aromatic rings. The molecule has 0 aliphatic carbocycles. The molecule has 1 aliphatic rings. The van der Waals surface area contributed by atoms with Crippen molar-refractivity contribution in [1.29, 1.82) is 0 Å². The molecule has 1 aliphatic heterocycles. The van der Waals surface area contributed by atoms with Crippen LogP contribution in [0.3, 0.4) is 0 Å². The molecule has 0 radical (unpaired) electrons. The summed E-state index contributed by atoms with van der Waals surface area (Å²) in [6.07, 6.45) is 4.87. The molecule has 0 spiro atoms. The predicted octanol–water partition coefficient (Wildman–Crippen LogP) is 1.25. The van der Waals surface area contributed by atoms with Crippen molar-refractivity contribution in [2.45, 2.75) is 31.8 Å². The van der Waals surface area contributed by atoms with Crippen LogP contribution in [0.25, 0.3) is 0 Å². The Balaban J connectivity index is 2.03. The average molecular weight is 255 g/mol. The summed E-state index contributed by atoms with van der Waals surface area (Å²) in [5, 5.41) is 0.576. The average Bonchev–Trinajstić information content (AvgIpc) is 2.74. The number of hydrogen-bond donors (Lipinski definition) is 1. The van der Waals surface area contributed by atoms with Gasteiger partial charge < -0.3 is 10.5 Å². The van der Waals surface area contributed by atoms with Gasteiger partial charge in [0.05, 0.1) is 7.11 Å². The lowest BCUT2D eigenvalue weighted by Crippen LogP contribution is -2.44. The first-order chi connectivity index (χ1) is 8.20. The second-order valence-electron chi connectivity index (χ2n) is 4.17. The normalized spacial score (nSPS) is 21.4. The third kappa shape index (κ3) is 2.95. The third-order valence-corrected chi connectivity index (χ3v) is 3.83. The van der Waals surface area contributed by atoms with Crippen LogP contribution in [0.5, 0.6) is 0 Å². The molecule has 1 aromatic heterocycles. The predicted molar refractivity (Wildman–Crippen MR) is 66.6 cm³/mol. The molecule has 17 heavy (non-hydrogen) atoms. The maximum atomic E-state index is 11.7. The fourth-order valence-corrected chi connectivity index (χ4v) is 2.89. The van der Waals surface area contributed by atoms with Crippen LogP contribution in [-0.4, -0.2) is 35.5 Å². The third-order valence-electron chi connectivity index (χ3n) is 3.02. The van der Waals surface area contributed by atoms with Gasteiger partial charge in [-0.3, -0.25) is 9.69 Å². The van der Waals surface area contributed by atoms with Crippen LogP contribution < -0.4 is 5.73 Å². The smallest absolute Gasteiger partial charge is 0.323 e. The number of ether oxygens (including phenoxy) is 1. The highest BCUT2D eigenvalue weighted by Crippen LogP contribution is 2.23. The maximum absolute atomic E-state index is 11.7. The first kappa shape index (κ1) is 12.3. The molecule has 0 amide bonds. The van der Waals surface area contributed by atoms with Gasteiger partial charge in [-0.05, 0) is 19.4 Å². The first-order valence-corrected chi connectivity index (χ1v) is 6.54. The Morgan fingerprint density at radius 2 is 2.53 bits per heavy atom. The lowest BCUT2D eigenvalue weighted by Gasteiger charge is -2.33. The summed E-state index contributed by atoms with van der Waals surface area (Å²) in [4.78, 5) is 18.9. The molecule has 2 rings (SSSR count). The highest BCUT2D eigenvalue weighted by atomic mass is 32.1. The van der Waals surface area contributed by atoms with Gasteiger partial charge in [0.25, 0.3) is 0 Å². The van der Waals surface area contributed by atoms with Crippen LogP contribution in [0.15, 0.2) is 6.20 Å². The Hall–Kier alpha value is -1.14. The van der Waals surface area contributed by atoms with Gasteiger partial charge >= 0.3 is 5.97 Å². The summed E-state index contributed by atoms with van der Waals surface area (Å²) in [6.45, 7) is 1.66. The minimum absolute atomic E-state index is 0.114. The lowest BCUT2D eigenvalue weighted by atomic mass is 10.0. The number of esters is 1. The molecular weight excluding hydrogens is 238 g/mol. The largest absolute Gasteiger partial charge is 0.468 e. The Labute approximate surface area is 105 Å². The molecule has 2 heterocycles. The Morgan fingerprint density at radius 3 is 3.18 bits per heavy atom. The minimum atomic E-state index is -0.137. The number of piperidine rings is 1. The molecule has 6 heteroatoms. The van der Waals surface area contributed by atoms with Gasteiger partial charge in [0.2, 0.25) is 0 Å². The highest BCUT2D eigenvalue weighted by Gasteiger charge is 2.29. The van der Waals surface area contributed by atoms with Crippen LogP contribution in [0.2, 0.25) is 0 Å². The van der Waals surface area contributed by atoms with Crippen molar-refractivity contribution in [3.8, 4) is 0 Å². The number of rotatable bonds is 3. The number of anilines is 1. The number of thiazole rings is 1. The van der Waals surface area contributed by atoms with Crippen LogP contribution in [0.1, 0.15) is 24.1 Å². The Morgan fingerprint density at radius 1 is 1.71 bits per heavy atom. The molecule has 0 unspecified atom stereocenters. The number of carbonyl (C=O) groups is 1. The summed E-state index contributed by atoms with van der Waals surface area (Å²) in [7, 11) is 1.44. The lowest BCUT2D eigenvalue weighted by molar-refractivity contribution is -0.148. The van der Waals surface area contributed by atoms with E-state index in [9.17, 15) is 4.79 Å². The summed E-state index contributed by atoms with van der Waals surface area (Å²) in [5.74, 6) is -0.137. The number of nitrogen functional groups attached to an aromatic ring is 1. The fourth-order valence-electron chi connectivity index (χ4n) is 2.18. The van der Waals surface area contributed by atoms with Crippen molar-refractivity contribution in [2.24, 2.45) is 0 Å². The quantitative estimate of drug-likeness (QED) is 0.823. The molecule has 1 saturated heterocycles. The number of nitrogens with two attached hydrogens (primary N) is 1. The van der Waals surface area contributed by atoms with E-state index in [1.54, 1.807) is 6.20 Å². The Kier molecular flexibility index (Phi) is 3.96. The van der Waals surface area contributed by atoms with Gasteiger partial charge in [0.15, 0.2) is 5.13 Å². The number of aromatic nitrogens is 1. The van der Waals surface area contributed by atoms with Gasteiger partial charge in [-0.1, -0.05) is 6.42 Å². The van der Waals surface area contributed by atoms with Gasteiger partial charge in [-0.15, -0.1) is 11.3 Å². The molecule has 1 fully saturated rings. The second-order valence-corrected chi connectivity index (χ2v) is 5.32. The van der Waals surface area contributed by atoms with E-state index in [1.807, 2.05) is 0 Å². The zero-order chi connectivity index (χ0) is 12.3. The van der Waals surface area contributed by atoms with Crippen molar-refractivity contribution < 1.29 is 9.53 Å². The van der Waals surface area contributed by atoms with E-state index in [-0.39, 0.29) is 12.0 Å². The summed E-state index contributed by atoms with van der Waals surface area (Å²) in [6, 6.07) is -0.114. The van der Waals surface area contributed by atoms with E-state index in [0.29, 0.717) is 5.13 Å². The topological polar surface area (TPSA) is 68.5 Å². The monoisotopic (exact) mass is 255 g/mol. The molecule has 1 atom stereocenters. The van der Waals surface area contributed by atoms with E-state index in [4.69, 9.17) is 10.5 Å². The number of nitrogens with zero attached hydrogens (tertiary/aromatic N) is 2. The minimum Gasteiger partial charge on any atom is -0.468 e. The molecule has 0 saturated carbocycles. The fraction of sp³-hybridized carbons (Fsp3) is 0.636.